The molecule has 0 saturated heterocycles. The van der Waals surface area contributed by atoms with E-state index in [-0.39, 0.29) is 25.7 Å². The molecule has 462 valence electrons. The summed E-state index contributed by atoms with van der Waals surface area (Å²) < 4.78 is 67.6. The third kappa shape index (κ3) is 53.4. The van der Waals surface area contributed by atoms with Crippen LogP contribution in [0.2, 0.25) is 0 Å². The van der Waals surface area contributed by atoms with Gasteiger partial charge in [0, 0.05) is 25.7 Å². The number of ether oxygens (including phenoxy) is 4. The predicted molar refractivity (Wildman–Crippen MR) is 308 cm³/mol. The highest BCUT2D eigenvalue weighted by molar-refractivity contribution is 7.47. The molecule has 0 bridgehead atoms. The van der Waals surface area contributed by atoms with Crippen LogP contribution in [-0.4, -0.2) is 96.7 Å². The molecule has 0 fully saturated rings. The molecule has 3 N–H and O–H groups in total. The minimum Gasteiger partial charge on any atom is -0.462 e. The number of esters is 4. The molecular formula is C59H114O17P2. The Morgan fingerprint density at radius 1 is 0.346 bits per heavy atom. The van der Waals surface area contributed by atoms with E-state index in [1.807, 2.05) is 0 Å². The van der Waals surface area contributed by atoms with Crippen LogP contribution in [0, 0.1) is 11.8 Å². The van der Waals surface area contributed by atoms with Gasteiger partial charge in [0.15, 0.2) is 12.2 Å². The van der Waals surface area contributed by atoms with Crippen molar-refractivity contribution >= 4 is 39.5 Å². The number of aliphatic hydroxyl groups excluding tert-OH is 1. The predicted octanol–water partition coefficient (Wildman–Crippen LogP) is 15.7. The maximum atomic E-state index is 12.9. The highest BCUT2D eigenvalue weighted by Gasteiger charge is 2.30. The molecular weight excluding hydrogens is 1040 g/mol. The van der Waals surface area contributed by atoms with Gasteiger partial charge >= 0.3 is 39.5 Å². The Kier molecular flexibility index (Phi) is 50.6. The Bertz CT molecular complexity index is 1550. The van der Waals surface area contributed by atoms with Crippen molar-refractivity contribution in [2.24, 2.45) is 11.8 Å². The van der Waals surface area contributed by atoms with Crippen molar-refractivity contribution < 1.29 is 80.2 Å². The van der Waals surface area contributed by atoms with E-state index in [9.17, 15) is 43.2 Å². The van der Waals surface area contributed by atoms with Crippen molar-refractivity contribution in [1.29, 1.82) is 0 Å². The molecule has 0 aromatic rings. The van der Waals surface area contributed by atoms with Gasteiger partial charge in [0.2, 0.25) is 0 Å². The number of carbonyl (C=O) groups is 4. The van der Waals surface area contributed by atoms with Gasteiger partial charge in [-0.25, -0.2) is 9.13 Å². The molecule has 5 atom stereocenters. The van der Waals surface area contributed by atoms with E-state index in [1.54, 1.807) is 0 Å². The second kappa shape index (κ2) is 51.9. The standard InChI is InChI=1S/C59H114O17P2/c1-7-9-11-13-14-15-19-24-31-37-43-58(63)75-54(47-69-56(61)41-35-27-12-10-8-2)49-73-77(65,66)71-45-53(60)46-72-78(67,68)74-50-55(48-70-57(62)42-36-30-26-21-23-29-34-40-52(5)6)76-59(64)44-38-32-25-20-17-16-18-22-28-33-39-51(3)4/h51-55,60H,7-50H2,1-6H3,(H,65,66)(H,67,68)/t53-,54+,55+/m0/s1. The Morgan fingerprint density at radius 3 is 0.872 bits per heavy atom. The number of phosphoric ester groups is 2. The fourth-order valence-electron chi connectivity index (χ4n) is 8.65. The smallest absolute Gasteiger partial charge is 0.462 e. The number of rotatable bonds is 58. The highest BCUT2D eigenvalue weighted by atomic mass is 31.2. The normalized spacial score (nSPS) is 14.4. The number of phosphoric acid groups is 2. The highest BCUT2D eigenvalue weighted by Crippen LogP contribution is 2.45. The lowest BCUT2D eigenvalue weighted by Crippen LogP contribution is -2.30. The van der Waals surface area contributed by atoms with Crippen molar-refractivity contribution in [3.8, 4) is 0 Å². The average molecular weight is 1160 g/mol. The lowest BCUT2D eigenvalue weighted by molar-refractivity contribution is -0.161. The van der Waals surface area contributed by atoms with Gasteiger partial charge in [0.25, 0.3) is 0 Å². The summed E-state index contributed by atoms with van der Waals surface area (Å²) >= 11 is 0. The molecule has 0 saturated carbocycles. The first kappa shape index (κ1) is 76.1. The van der Waals surface area contributed by atoms with Gasteiger partial charge in [-0.2, -0.15) is 0 Å². The monoisotopic (exact) mass is 1160 g/mol. The Morgan fingerprint density at radius 2 is 0.590 bits per heavy atom. The van der Waals surface area contributed by atoms with Crippen LogP contribution in [0.25, 0.3) is 0 Å². The summed E-state index contributed by atoms with van der Waals surface area (Å²) in [5.41, 5.74) is 0. The fourth-order valence-corrected chi connectivity index (χ4v) is 10.2. The van der Waals surface area contributed by atoms with E-state index < -0.39 is 97.5 Å². The van der Waals surface area contributed by atoms with Gasteiger partial charge in [0.1, 0.15) is 19.3 Å². The Balaban J connectivity index is 5.18. The number of aliphatic hydroxyl groups is 1. The third-order valence-electron chi connectivity index (χ3n) is 13.5. The molecule has 0 aromatic heterocycles. The zero-order valence-corrected chi connectivity index (χ0v) is 51.7. The maximum Gasteiger partial charge on any atom is 0.472 e. The topological polar surface area (TPSA) is 237 Å². The first-order valence-electron chi connectivity index (χ1n) is 31.0. The van der Waals surface area contributed by atoms with E-state index in [4.69, 9.17) is 37.0 Å². The van der Waals surface area contributed by atoms with Gasteiger partial charge in [-0.3, -0.25) is 37.3 Å². The number of carbonyl (C=O) groups excluding carboxylic acids is 4. The van der Waals surface area contributed by atoms with Gasteiger partial charge in [-0.1, -0.05) is 234 Å². The summed E-state index contributed by atoms with van der Waals surface area (Å²) in [6.45, 7) is 9.29. The molecule has 0 aliphatic carbocycles. The van der Waals surface area contributed by atoms with Crippen LogP contribution in [0.4, 0.5) is 0 Å². The summed E-state index contributed by atoms with van der Waals surface area (Å²) in [6.07, 6.45) is 32.5. The molecule has 17 nitrogen and oxygen atoms in total. The zero-order valence-electron chi connectivity index (χ0n) is 50.0. The lowest BCUT2D eigenvalue weighted by atomic mass is 10.0. The summed E-state index contributed by atoms with van der Waals surface area (Å²) in [4.78, 5) is 71.7. The van der Waals surface area contributed by atoms with Crippen molar-refractivity contribution in [2.45, 2.75) is 304 Å². The van der Waals surface area contributed by atoms with Crippen molar-refractivity contribution in [1.82, 2.24) is 0 Å². The van der Waals surface area contributed by atoms with E-state index >= 15 is 0 Å². The van der Waals surface area contributed by atoms with Gasteiger partial charge in [-0.15, -0.1) is 0 Å². The SMILES string of the molecule is CCCCCCCCCCCCC(=O)O[C@H](COC(=O)CCCCCCC)COP(=O)(O)OC[C@H](O)COP(=O)(O)OC[C@@H](COC(=O)CCCCCCCCCC(C)C)OC(=O)CCCCCCCCCCCCC(C)C. The van der Waals surface area contributed by atoms with Gasteiger partial charge in [0.05, 0.1) is 26.4 Å². The third-order valence-corrected chi connectivity index (χ3v) is 15.4. The van der Waals surface area contributed by atoms with Crippen molar-refractivity contribution in [3.63, 3.8) is 0 Å². The van der Waals surface area contributed by atoms with Crippen LogP contribution >= 0.6 is 15.6 Å². The van der Waals surface area contributed by atoms with Crippen LogP contribution in [0.5, 0.6) is 0 Å². The minimum absolute atomic E-state index is 0.105. The first-order valence-corrected chi connectivity index (χ1v) is 34.0. The van der Waals surface area contributed by atoms with Crippen LogP contribution < -0.4 is 0 Å². The van der Waals surface area contributed by atoms with E-state index in [0.717, 1.165) is 109 Å². The maximum absolute atomic E-state index is 12.9. The molecule has 0 rings (SSSR count). The first-order chi connectivity index (χ1) is 37.4. The van der Waals surface area contributed by atoms with Crippen molar-refractivity contribution in [3.05, 3.63) is 0 Å². The average Bonchev–Trinajstić information content (AvgIpc) is 3.39. The van der Waals surface area contributed by atoms with Gasteiger partial charge < -0.3 is 33.8 Å². The summed E-state index contributed by atoms with van der Waals surface area (Å²) in [5, 5.41) is 10.5. The Labute approximate surface area is 473 Å². The minimum atomic E-state index is -4.94. The molecule has 0 spiro atoms. The molecule has 0 radical (unpaired) electrons. The number of hydrogen-bond acceptors (Lipinski definition) is 15. The van der Waals surface area contributed by atoms with Crippen LogP contribution in [0.3, 0.4) is 0 Å². The number of unbranched alkanes of at least 4 members (excludes halogenated alkanes) is 28. The summed E-state index contributed by atoms with van der Waals surface area (Å²) in [5.74, 6) is -0.696. The van der Waals surface area contributed by atoms with Crippen LogP contribution in [0.15, 0.2) is 0 Å². The van der Waals surface area contributed by atoms with E-state index in [2.05, 4.69) is 41.5 Å². The second-order valence-corrected chi connectivity index (χ2v) is 25.2. The van der Waals surface area contributed by atoms with E-state index in [0.29, 0.717) is 31.6 Å². The largest absolute Gasteiger partial charge is 0.472 e. The molecule has 0 aliphatic heterocycles. The fraction of sp³-hybridized carbons (Fsp3) is 0.932. The molecule has 0 amide bonds. The molecule has 19 heteroatoms. The quantitative estimate of drug-likeness (QED) is 0.0222. The molecule has 0 aliphatic rings. The van der Waals surface area contributed by atoms with Crippen LogP contribution in [-0.2, 0) is 65.4 Å². The van der Waals surface area contributed by atoms with Crippen molar-refractivity contribution in [2.75, 3.05) is 39.6 Å². The summed E-state index contributed by atoms with van der Waals surface area (Å²) in [7, 11) is -9.87. The Hall–Kier alpha value is -1.94. The molecule has 0 heterocycles. The second-order valence-electron chi connectivity index (χ2n) is 22.3. The molecule has 78 heavy (non-hydrogen) atoms. The lowest BCUT2D eigenvalue weighted by Gasteiger charge is -2.21. The number of hydrogen-bond donors (Lipinski definition) is 3. The zero-order chi connectivity index (χ0) is 58.0. The molecule has 0 aromatic carbocycles. The van der Waals surface area contributed by atoms with Crippen LogP contribution in [0.1, 0.15) is 286 Å². The van der Waals surface area contributed by atoms with Gasteiger partial charge in [-0.05, 0) is 37.5 Å². The summed E-state index contributed by atoms with van der Waals surface area (Å²) in [6, 6.07) is 0. The van der Waals surface area contributed by atoms with E-state index in [1.165, 1.54) is 89.9 Å². The molecule has 2 unspecified atom stereocenters.